The summed E-state index contributed by atoms with van der Waals surface area (Å²) in [6.45, 7) is 1.52. The smallest absolute Gasteiger partial charge is 0.244 e. The number of hydrogen-bond donors (Lipinski definition) is 1. The summed E-state index contributed by atoms with van der Waals surface area (Å²) in [7, 11) is 0. The maximum Gasteiger partial charge on any atom is 0.244 e. The monoisotopic (exact) mass is 344 g/mol. The van der Waals surface area contributed by atoms with Crippen molar-refractivity contribution in [1.29, 1.82) is 0 Å². The fraction of sp³-hybridized carbons (Fsp3) is 0.111. The van der Waals surface area contributed by atoms with Crippen molar-refractivity contribution in [3.05, 3.63) is 65.1 Å². The molecule has 24 heavy (non-hydrogen) atoms. The molecule has 3 aromatic rings. The van der Waals surface area contributed by atoms with Crippen LogP contribution in [0.2, 0.25) is 5.02 Å². The molecule has 6 heteroatoms. The summed E-state index contributed by atoms with van der Waals surface area (Å²) in [4.78, 5) is 24.0. The van der Waals surface area contributed by atoms with Crippen molar-refractivity contribution in [2.45, 2.75) is 13.5 Å². The summed E-state index contributed by atoms with van der Waals surface area (Å²) in [5.74, 6) is -0.902. The molecule has 2 aromatic carbocycles. The van der Waals surface area contributed by atoms with E-state index in [1.165, 1.54) is 25.1 Å². The average Bonchev–Trinajstić information content (AvgIpc) is 2.90. The van der Waals surface area contributed by atoms with Crippen molar-refractivity contribution < 1.29 is 14.0 Å². The van der Waals surface area contributed by atoms with E-state index in [1.54, 1.807) is 10.8 Å². The molecule has 1 amide bonds. The maximum atomic E-state index is 13.2. The van der Waals surface area contributed by atoms with E-state index in [-0.39, 0.29) is 23.3 Å². The van der Waals surface area contributed by atoms with Crippen LogP contribution in [0, 0.1) is 5.82 Å². The van der Waals surface area contributed by atoms with Crippen LogP contribution in [-0.2, 0) is 11.3 Å². The highest BCUT2D eigenvalue weighted by atomic mass is 35.5. The minimum Gasteiger partial charge on any atom is -0.337 e. The first-order chi connectivity index (χ1) is 11.5. The van der Waals surface area contributed by atoms with E-state index >= 15 is 0 Å². The first kappa shape index (κ1) is 16.2. The van der Waals surface area contributed by atoms with E-state index in [0.717, 1.165) is 10.9 Å². The van der Waals surface area contributed by atoms with Gasteiger partial charge in [-0.1, -0.05) is 29.8 Å². The second-order valence-corrected chi connectivity index (χ2v) is 5.83. The lowest BCUT2D eigenvalue weighted by Gasteiger charge is -2.08. The van der Waals surface area contributed by atoms with Crippen LogP contribution in [0.5, 0.6) is 0 Å². The second-order valence-electron chi connectivity index (χ2n) is 5.42. The van der Waals surface area contributed by atoms with Gasteiger partial charge in [0.15, 0.2) is 5.78 Å². The molecule has 0 aliphatic rings. The van der Waals surface area contributed by atoms with E-state index < -0.39 is 5.82 Å². The Bertz CT molecular complexity index is 949. The van der Waals surface area contributed by atoms with Gasteiger partial charge in [0, 0.05) is 28.4 Å². The molecular weight excluding hydrogens is 331 g/mol. The Kier molecular flexibility index (Phi) is 4.36. The number of anilines is 1. The quantitative estimate of drug-likeness (QED) is 0.718. The Morgan fingerprint density at radius 3 is 2.67 bits per heavy atom. The number of rotatable bonds is 4. The maximum absolute atomic E-state index is 13.2. The molecule has 0 radical (unpaired) electrons. The van der Waals surface area contributed by atoms with Crippen molar-refractivity contribution in [2.24, 2.45) is 0 Å². The summed E-state index contributed by atoms with van der Waals surface area (Å²) in [6.07, 6.45) is 1.67. The van der Waals surface area contributed by atoms with Gasteiger partial charge in [-0.15, -0.1) is 0 Å². The number of carbonyl (C=O) groups is 2. The summed E-state index contributed by atoms with van der Waals surface area (Å²) >= 11 is 5.70. The highest BCUT2D eigenvalue weighted by molar-refractivity contribution is 6.31. The molecule has 1 aromatic heterocycles. The number of para-hydroxylation sites is 1. The van der Waals surface area contributed by atoms with Gasteiger partial charge in [0.25, 0.3) is 0 Å². The number of carbonyl (C=O) groups excluding carboxylic acids is 2. The molecule has 0 aliphatic carbocycles. The molecule has 0 unspecified atom stereocenters. The van der Waals surface area contributed by atoms with Gasteiger partial charge in [0.05, 0.1) is 5.02 Å². The zero-order valence-corrected chi connectivity index (χ0v) is 13.6. The first-order valence-electron chi connectivity index (χ1n) is 7.29. The van der Waals surface area contributed by atoms with Gasteiger partial charge in [0.2, 0.25) is 5.91 Å². The van der Waals surface area contributed by atoms with Crippen molar-refractivity contribution in [2.75, 3.05) is 5.32 Å². The molecule has 0 bridgehead atoms. The number of Topliss-reactive ketones (excluding diaryl/α,β-unsaturated/α-hetero) is 1. The predicted molar refractivity (Wildman–Crippen MR) is 92.0 cm³/mol. The van der Waals surface area contributed by atoms with Crippen LogP contribution >= 0.6 is 11.6 Å². The number of benzene rings is 2. The number of amides is 1. The fourth-order valence-corrected chi connectivity index (χ4v) is 2.77. The van der Waals surface area contributed by atoms with Crippen molar-refractivity contribution in [3.63, 3.8) is 0 Å². The van der Waals surface area contributed by atoms with E-state index in [9.17, 15) is 14.0 Å². The number of aromatic nitrogens is 1. The van der Waals surface area contributed by atoms with Crippen LogP contribution in [0.25, 0.3) is 10.9 Å². The Hall–Kier alpha value is -2.66. The lowest BCUT2D eigenvalue weighted by molar-refractivity contribution is -0.116. The zero-order valence-electron chi connectivity index (χ0n) is 12.8. The summed E-state index contributed by atoms with van der Waals surface area (Å²) in [5.41, 5.74) is 1.79. The molecule has 0 saturated carbocycles. The Balaban J connectivity index is 1.85. The van der Waals surface area contributed by atoms with Crippen LogP contribution in [0.3, 0.4) is 0 Å². The van der Waals surface area contributed by atoms with Crippen LogP contribution < -0.4 is 5.32 Å². The van der Waals surface area contributed by atoms with Gasteiger partial charge >= 0.3 is 0 Å². The normalized spacial score (nSPS) is 10.8. The first-order valence-corrected chi connectivity index (χ1v) is 7.67. The largest absolute Gasteiger partial charge is 0.337 e. The van der Waals surface area contributed by atoms with Gasteiger partial charge in [-0.3, -0.25) is 9.59 Å². The zero-order chi connectivity index (χ0) is 17.3. The molecule has 3 rings (SSSR count). The standard InChI is InChI=1S/C18H14ClFN2O2/c1-11(23)14-9-22(17-5-3-2-4-13(14)17)10-18(24)21-12-6-7-16(20)15(19)8-12/h2-9H,10H2,1H3,(H,21,24). The SMILES string of the molecule is CC(=O)c1cn(CC(=O)Nc2ccc(F)c(Cl)c2)c2ccccc12. The van der Waals surface area contributed by atoms with Crippen LogP contribution in [-0.4, -0.2) is 16.3 Å². The molecule has 0 saturated heterocycles. The van der Waals surface area contributed by atoms with Gasteiger partial charge in [-0.2, -0.15) is 0 Å². The van der Waals surface area contributed by atoms with E-state index in [4.69, 9.17) is 11.6 Å². The predicted octanol–water partition coefficient (Wildman–Crippen LogP) is 4.28. The van der Waals surface area contributed by atoms with Crippen LogP contribution in [0.15, 0.2) is 48.7 Å². The van der Waals surface area contributed by atoms with E-state index in [0.29, 0.717) is 11.3 Å². The Morgan fingerprint density at radius 2 is 1.96 bits per heavy atom. The molecular formula is C18H14ClFN2O2. The molecule has 4 nitrogen and oxygen atoms in total. The average molecular weight is 345 g/mol. The van der Waals surface area contributed by atoms with Crippen LogP contribution in [0.4, 0.5) is 10.1 Å². The molecule has 1 heterocycles. The van der Waals surface area contributed by atoms with Crippen LogP contribution in [0.1, 0.15) is 17.3 Å². The van der Waals surface area contributed by atoms with Gasteiger partial charge < -0.3 is 9.88 Å². The number of ketones is 1. The number of nitrogens with zero attached hydrogens (tertiary/aromatic N) is 1. The molecule has 0 fully saturated rings. The molecule has 0 aliphatic heterocycles. The van der Waals surface area contributed by atoms with Crippen molar-refractivity contribution in [1.82, 2.24) is 4.57 Å². The minimum atomic E-state index is -0.544. The summed E-state index contributed by atoms with van der Waals surface area (Å²) < 4.78 is 14.9. The second kappa shape index (κ2) is 6.45. The Morgan fingerprint density at radius 1 is 1.21 bits per heavy atom. The van der Waals surface area contributed by atoms with Gasteiger partial charge in [0.1, 0.15) is 12.4 Å². The highest BCUT2D eigenvalue weighted by Gasteiger charge is 2.14. The highest BCUT2D eigenvalue weighted by Crippen LogP contribution is 2.22. The molecule has 0 spiro atoms. The third kappa shape index (κ3) is 3.16. The van der Waals surface area contributed by atoms with Gasteiger partial charge in [-0.05, 0) is 31.2 Å². The minimum absolute atomic E-state index is 0.0305. The topological polar surface area (TPSA) is 51.1 Å². The summed E-state index contributed by atoms with van der Waals surface area (Å²) in [6, 6.07) is 11.4. The third-order valence-corrected chi connectivity index (χ3v) is 3.97. The Labute approximate surface area is 142 Å². The van der Waals surface area contributed by atoms with Gasteiger partial charge in [-0.25, -0.2) is 4.39 Å². The lowest BCUT2D eigenvalue weighted by atomic mass is 10.1. The molecule has 1 N–H and O–H groups in total. The van der Waals surface area contributed by atoms with E-state index in [2.05, 4.69) is 5.32 Å². The molecule has 122 valence electrons. The fourth-order valence-electron chi connectivity index (χ4n) is 2.59. The third-order valence-electron chi connectivity index (χ3n) is 3.69. The lowest BCUT2D eigenvalue weighted by Crippen LogP contribution is -2.18. The summed E-state index contributed by atoms with van der Waals surface area (Å²) in [5, 5.41) is 3.42. The number of hydrogen-bond acceptors (Lipinski definition) is 2. The molecule has 0 atom stereocenters. The van der Waals surface area contributed by atoms with Crippen molar-refractivity contribution >= 4 is 39.9 Å². The van der Waals surface area contributed by atoms with Crippen molar-refractivity contribution in [3.8, 4) is 0 Å². The number of fused-ring (bicyclic) bond motifs is 1. The van der Waals surface area contributed by atoms with E-state index in [1.807, 2.05) is 24.3 Å². The number of halogens is 2. The number of nitrogens with one attached hydrogen (secondary N) is 1.